The Bertz CT molecular complexity index is 461. The Hall–Kier alpha value is -2.12. The summed E-state index contributed by atoms with van der Waals surface area (Å²) in [4.78, 5) is 21.6. The van der Waals surface area contributed by atoms with Crippen LogP contribution in [0.25, 0.3) is 0 Å². The SMILES string of the molecule is Cn1cc([N+](=O)[O-])c(CNC(=O)OC(C)(C)C)n1. The number of ether oxygens (including phenoxy) is 1. The number of amides is 1. The first-order chi connectivity index (χ1) is 8.19. The molecule has 0 fully saturated rings. The third-order valence-electron chi connectivity index (χ3n) is 1.88. The second-order valence-electron chi connectivity index (χ2n) is 4.75. The molecule has 0 aliphatic carbocycles. The third kappa shape index (κ3) is 4.04. The molecule has 0 bridgehead atoms. The lowest BCUT2D eigenvalue weighted by molar-refractivity contribution is -0.385. The Balaban J connectivity index is 2.64. The number of nitrogens with one attached hydrogen (secondary N) is 1. The smallest absolute Gasteiger partial charge is 0.407 e. The first-order valence-electron chi connectivity index (χ1n) is 5.33. The van der Waals surface area contributed by atoms with E-state index in [1.54, 1.807) is 27.8 Å². The van der Waals surface area contributed by atoms with Crippen molar-refractivity contribution < 1.29 is 14.5 Å². The molecular formula is C10H16N4O4. The van der Waals surface area contributed by atoms with Crippen LogP contribution < -0.4 is 5.32 Å². The van der Waals surface area contributed by atoms with E-state index in [2.05, 4.69) is 10.4 Å². The topological polar surface area (TPSA) is 99.3 Å². The van der Waals surface area contributed by atoms with Crippen LogP contribution in [0.2, 0.25) is 0 Å². The molecule has 1 amide bonds. The Morgan fingerprint density at radius 1 is 1.61 bits per heavy atom. The first-order valence-corrected chi connectivity index (χ1v) is 5.33. The van der Waals surface area contributed by atoms with Crippen LogP contribution in [0.5, 0.6) is 0 Å². The van der Waals surface area contributed by atoms with Gasteiger partial charge in [-0.2, -0.15) is 5.10 Å². The summed E-state index contributed by atoms with van der Waals surface area (Å²) in [5.74, 6) is 0. The molecule has 18 heavy (non-hydrogen) atoms. The van der Waals surface area contributed by atoms with Crippen LogP contribution in [-0.2, 0) is 18.3 Å². The van der Waals surface area contributed by atoms with Crippen LogP contribution in [0, 0.1) is 10.1 Å². The van der Waals surface area contributed by atoms with Gasteiger partial charge in [0.1, 0.15) is 11.8 Å². The van der Waals surface area contributed by atoms with Crippen molar-refractivity contribution in [3.63, 3.8) is 0 Å². The Labute approximate surface area is 104 Å². The molecule has 0 unspecified atom stereocenters. The van der Waals surface area contributed by atoms with Crippen molar-refractivity contribution in [3.8, 4) is 0 Å². The molecule has 0 atom stereocenters. The third-order valence-corrected chi connectivity index (χ3v) is 1.88. The van der Waals surface area contributed by atoms with Crippen molar-refractivity contribution in [3.05, 3.63) is 22.0 Å². The maximum Gasteiger partial charge on any atom is 0.407 e. The van der Waals surface area contributed by atoms with Crippen LogP contribution in [-0.4, -0.2) is 26.4 Å². The molecule has 1 aromatic heterocycles. The van der Waals surface area contributed by atoms with E-state index in [4.69, 9.17) is 4.74 Å². The molecule has 8 nitrogen and oxygen atoms in total. The largest absolute Gasteiger partial charge is 0.444 e. The van der Waals surface area contributed by atoms with Crippen molar-refractivity contribution in [2.45, 2.75) is 32.9 Å². The van der Waals surface area contributed by atoms with E-state index >= 15 is 0 Å². The van der Waals surface area contributed by atoms with E-state index in [1.807, 2.05) is 0 Å². The minimum absolute atomic E-state index is 0.0495. The Kier molecular flexibility index (Phi) is 3.89. The molecule has 1 heterocycles. The first kappa shape index (κ1) is 13.9. The van der Waals surface area contributed by atoms with Gasteiger partial charge in [-0.25, -0.2) is 4.79 Å². The van der Waals surface area contributed by atoms with Gasteiger partial charge in [0.25, 0.3) is 0 Å². The Morgan fingerprint density at radius 3 is 2.72 bits per heavy atom. The van der Waals surface area contributed by atoms with Crippen molar-refractivity contribution in [2.24, 2.45) is 7.05 Å². The van der Waals surface area contributed by atoms with E-state index in [0.29, 0.717) is 0 Å². The maximum absolute atomic E-state index is 11.4. The highest BCUT2D eigenvalue weighted by atomic mass is 16.6. The molecular weight excluding hydrogens is 240 g/mol. The summed E-state index contributed by atoms with van der Waals surface area (Å²) in [6.45, 7) is 5.15. The van der Waals surface area contributed by atoms with Gasteiger partial charge in [-0.15, -0.1) is 0 Å². The van der Waals surface area contributed by atoms with Crippen LogP contribution in [0.3, 0.4) is 0 Å². The number of nitro groups is 1. The fraction of sp³-hybridized carbons (Fsp3) is 0.600. The normalized spacial score (nSPS) is 11.1. The monoisotopic (exact) mass is 256 g/mol. The van der Waals surface area contributed by atoms with Crippen LogP contribution in [0.15, 0.2) is 6.20 Å². The van der Waals surface area contributed by atoms with Crippen molar-refractivity contribution in [1.82, 2.24) is 15.1 Å². The molecule has 0 aliphatic heterocycles. The van der Waals surface area contributed by atoms with Crippen molar-refractivity contribution in [1.29, 1.82) is 0 Å². The van der Waals surface area contributed by atoms with Gasteiger partial charge in [-0.05, 0) is 20.8 Å². The van der Waals surface area contributed by atoms with Gasteiger partial charge < -0.3 is 10.1 Å². The van der Waals surface area contributed by atoms with Gasteiger partial charge >= 0.3 is 11.8 Å². The van der Waals surface area contributed by atoms with E-state index in [-0.39, 0.29) is 17.9 Å². The summed E-state index contributed by atoms with van der Waals surface area (Å²) in [5, 5.41) is 17.0. The fourth-order valence-corrected chi connectivity index (χ4v) is 1.27. The summed E-state index contributed by atoms with van der Waals surface area (Å²) in [5.41, 5.74) is -0.554. The van der Waals surface area contributed by atoms with Gasteiger partial charge in [0, 0.05) is 7.05 Å². The zero-order chi connectivity index (χ0) is 13.9. The molecule has 8 heteroatoms. The van der Waals surface area contributed by atoms with Crippen LogP contribution >= 0.6 is 0 Å². The number of hydrogen-bond acceptors (Lipinski definition) is 5. The van der Waals surface area contributed by atoms with Crippen LogP contribution in [0.1, 0.15) is 26.5 Å². The minimum atomic E-state index is -0.637. The average Bonchev–Trinajstić information content (AvgIpc) is 2.54. The number of nitrogens with zero attached hydrogens (tertiary/aromatic N) is 3. The minimum Gasteiger partial charge on any atom is -0.444 e. The number of alkyl carbamates (subject to hydrolysis) is 1. The maximum atomic E-state index is 11.4. The zero-order valence-electron chi connectivity index (χ0n) is 10.8. The molecule has 0 saturated carbocycles. The number of aryl methyl sites for hydroxylation is 1. The lowest BCUT2D eigenvalue weighted by Crippen LogP contribution is -2.32. The number of carbonyl (C=O) groups is 1. The average molecular weight is 256 g/mol. The highest BCUT2D eigenvalue weighted by Gasteiger charge is 2.20. The molecule has 100 valence electrons. The second kappa shape index (κ2) is 5.03. The summed E-state index contributed by atoms with van der Waals surface area (Å²) >= 11 is 0. The lowest BCUT2D eigenvalue weighted by Gasteiger charge is -2.19. The highest BCUT2D eigenvalue weighted by Crippen LogP contribution is 2.15. The summed E-state index contributed by atoms with van der Waals surface area (Å²) in [6, 6.07) is 0. The van der Waals surface area contributed by atoms with Gasteiger partial charge in [-0.1, -0.05) is 0 Å². The second-order valence-corrected chi connectivity index (χ2v) is 4.75. The van der Waals surface area contributed by atoms with E-state index in [0.717, 1.165) is 0 Å². The van der Waals surface area contributed by atoms with E-state index in [1.165, 1.54) is 10.9 Å². The van der Waals surface area contributed by atoms with Gasteiger partial charge in [0.05, 0.1) is 11.5 Å². The molecule has 1 aromatic rings. The standard InChI is InChI=1S/C10H16N4O4/c1-10(2,3)18-9(15)11-5-7-8(14(16)17)6-13(4)12-7/h6H,5H2,1-4H3,(H,11,15). The number of aromatic nitrogens is 2. The predicted molar refractivity (Wildman–Crippen MR) is 62.9 cm³/mol. The summed E-state index contributed by atoms with van der Waals surface area (Å²) in [6.07, 6.45) is 0.647. The molecule has 0 aromatic carbocycles. The highest BCUT2D eigenvalue weighted by molar-refractivity contribution is 5.67. The summed E-state index contributed by atoms with van der Waals surface area (Å²) in [7, 11) is 1.57. The Morgan fingerprint density at radius 2 is 2.22 bits per heavy atom. The molecule has 0 aliphatic rings. The number of carbonyl (C=O) groups excluding carboxylic acids is 1. The van der Waals surface area contributed by atoms with Gasteiger partial charge in [0.15, 0.2) is 5.69 Å². The quantitative estimate of drug-likeness (QED) is 0.650. The molecule has 0 saturated heterocycles. The lowest BCUT2D eigenvalue weighted by atomic mass is 10.2. The molecule has 0 radical (unpaired) electrons. The van der Waals surface area contributed by atoms with E-state index in [9.17, 15) is 14.9 Å². The molecule has 1 rings (SSSR count). The molecule has 0 spiro atoms. The summed E-state index contributed by atoms with van der Waals surface area (Å²) < 4.78 is 6.34. The van der Waals surface area contributed by atoms with Gasteiger partial charge in [0.2, 0.25) is 0 Å². The zero-order valence-corrected chi connectivity index (χ0v) is 10.8. The predicted octanol–water partition coefficient (Wildman–Crippen LogP) is 1.35. The van der Waals surface area contributed by atoms with E-state index < -0.39 is 16.6 Å². The number of hydrogen-bond donors (Lipinski definition) is 1. The van der Waals surface area contributed by atoms with Crippen molar-refractivity contribution in [2.75, 3.05) is 0 Å². The fourth-order valence-electron chi connectivity index (χ4n) is 1.27. The molecule has 1 N–H and O–H groups in total. The number of rotatable bonds is 3. The van der Waals surface area contributed by atoms with Crippen molar-refractivity contribution >= 4 is 11.8 Å². The van der Waals surface area contributed by atoms with Gasteiger partial charge in [-0.3, -0.25) is 14.8 Å². The van der Waals surface area contributed by atoms with Crippen LogP contribution in [0.4, 0.5) is 10.5 Å².